The summed E-state index contributed by atoms with van der Waals surface area (Å²) in [7, 11) is 0. The third-order valence-electron chi connectivity index (χ3n) is 3.53. The zero-order valence-corrected chi connectivity index (χ0v) is 12.4. The van der Waals surface area contributed by atoms with Crippen molar-refractivity contribution in [2.75, 3.05) is 23.7 Å². The highest BCUT2D eigenvalue weighted by Crippen LogP contribution is 2.37. The van der Waals surface area contributed by atoms with Gasteiger partial charge in [-0.25, -0.2) is 0 Å². The summed E-state index contributed by atoms with van der Waals surface area (Å²) in [6.07, 6.45) is 1.59. The fourth-order valence-corrected chi connectivity index (χ4v) is 2.60. The number of furan rings is 1. The summed E-state index contributed by atoms with van der Waals surface area (Å²) in [5, 5.41) is 2.84. The van der Waals surface area contributed by atoms with E-state index in [0.29, 0.717) is 18.8 Å². The predicted molar refractivity (Wildman–Crippen MR) is 83.7 cm³/mol. The van der Waals surface area contributed by atoms with Gasteiger partial charge in [0, 0.05) is 0 Å². The van der Waals surface area contributed by atoms with Crippen molar-refractivity contribution in [3.8, 4) is 5.75 Å². The van der Waals surface area contributed by atoms with Crippen LogP contribution in [-0.2, 0) is 11.3 Å². The molecule has 0 saturated carbocycles. The molecule has 0 saturated heterocycles. The standard InChI is InChI=1S/C16H19N3O3/c1-11-9-19(16-13(17)5-2-6-14(16)22-11)10-15(20)18-8-12-4-3-7-21-12/h2-7,11H,8-10,17H2,1H3,(H,18,20). The summed E-state index contributed by atoms with van der Waals surface area (Å²) in [5.74, 6) is 1.36. The van der Waals surface area contributed by atoms with E-state index in [0.717, 1.165) is 17.2 Å². The van der Waals surface area contributed by atoms with E-state index in [1.165, 1.54) is 0 Å². The van der Waals surface area contributed by atoms with Gasteiger partial charge in [-0.1, -0.05) is 6.07 Å². The van der Waals surface area contributed by atoms with E-state index in [-0.39, 0.29) is 18.6 Å². The Hall–Kier alpha value is -2.63. The fourth-order valence-electron chi connectivity index (χ4n) is 2.60. The van der Waals surface area contributed by atoms with E-state index in [2.05, 4.69) is 5.32 Å². The molecule has 2 heterocycles. The number of rotatable bonds is 4. The Balaban J connectivity index is 1.68. The minimum atomic E-state index is -0.0836. The molecule has 0 spiro atoms. The number of hydrogen-bond donors (Lipinski definition) is 2. The minimum Gasteiger partial charge on any atom is -0.487 e. The maximum absolute atomic E-state index is 12.2. The summed E-state index contributed by atoms with van der Waals surface area (Å²) >= 11 is 0. The van der Waals surface area contributed by atoms with Gasteiger partial charge in [-0.15, -0.1) is 0 Å². The number of nitrogen functional groups attached to an aromatic ring is 1. The lowest BCUT2D eigenvalue weighted by molar-refractivity contribution is -0.120. The van der Waals surface area contributed by atoms with Crippen molar-refractivity contribution in [2.45, 2.75) is 19.6 Å². The van der Waals surface area contributed by atoms with E-state index in [1.807, 2.05) is 36.1 Å². The number of ether oxygens (including phenoxy) is 1. The zero-order valence-electron chi connectivity index (χ0n) is 12.4. The second-order valence-corrected chi connectivity index (χ2v) is 5.36. The molecule has 0 bridgehead atoms. The second-order valence-electron chi connectivity index (χ2n) is 5.36. The van der Waals surface area contributed by atoms with Gasteiger partial charge in [-0.3, -0.25) is 4.79 Å². The van der Waals surface area contributed by atoms with Crippen molar-refractivity contribution >= 4 is 17.3 Å². The molecule has 2 aromatic rings. The lowest BCUT2D eigenvalue weighted by Gasteiger charge is -2.35. The Bertz CT molecular complexity index is 655. The first kappa shape index (κ1) is 14.3. The second kappa shape index (κ2) is 6.01. The Morgan fingerprint density at radius 3 is 3.05 bits per heavy atom. The number of anilines is 2. The van der Waals surface area contributed by atoms with E-state index < -0.39 is 0 Å². The third-order valence-corrected chi connectivity index (χ3v) is 3.53. The molecule has 1 amide bonds. The molecule has 22 heavy (non-hydrogen) atoms. The molecule has 1 atom stereocenters. The Morgan fingerprint density at radius 1 is 1.41 bits per heavy atom. The van der Waals surface area contributed by atoms with Crippen LogP contribution in [0.25, 0.3) is 0 Å². The first-order valence-corrected chi connectivity index (χ1v) is 7.22. The number of nitrogens with zero attached hydrogens (tertiary/aromatic N) is 1. The molecule has 3 rings (SSSR count). The first-order chi connectivity index (χ1) is 10.6. The van der Waals surface area contributed by atoms with Crippen LogP contribution in [0.2, 0.25) is 0 Å². The van der Waals surface area contributed by atoms with Crippen LogP contribution in [0.1, 0.15) is 12.7 Å². The van der Waals surface area contributed by atoms with Crippen LogP contribution in [0.15, 0.2) is 41.0 Å². The summed E-state index contributed by atoms with van der Waals surface area (Å²) in [6, 6.07) is 9.15. The molecule has 1 aromatic carbocycles. The first-order valence-electron chi connectivity index (χ1n) is 7.22. The molecule has 6 heteroatoms. The fraction of sp³-hybridized carbons (Fsp3) is 0.312. The van der Waals surface area contributed by atoms with Gasteiger partial charge in [0.1, 0.15) is 23.3 Å². The topological polar surface area (TPSA) is 80.7 Å². The maximum Gasteiger partial charge on any atom is 0.239 e. The SMILES string of the molecule is CC1CN(CC(=O)NCc2ccco2)c2c(N)cccc2O1. The monoisotopic (exact) mass is 301 g/mol. The molecule has 1 aliphatic rings. The van der Waals surface area contributed by atoms with Crippen LogP contribution >= 0.6 is 0 Å². The number of amides is 1. The van der Waals surface area contributed by atoms with Gasteiger partial charge in [-0.05, 0) is 31.2 Å². The highest BCUT2D eigenvalue weighted by Gasteiger charge is 2.26. The highest BCUT2D eigenvalue weighted by molar-refractivity contribution is 5.85. The number of para-hydroxylation sites is 1. The van der Waals surface area contributed by atoms with Gasteiger partial charge in [0.25, 0.3) is 0 Å². The van der Waals surface area contributed by atoms with Gasteiger partial charge in [0.05, 0.1) is 31.6 Å². The normalized spacial score (nSPS) is 16.8. The maximum atomic E-state index is 12.2. The lowest BCUT2D eigenvalue weighted by atomic mass is 10.1. The Kier molecular flexibility index (Phi) is 3.91. The van der Waals surface area contributed by atoms with Crippen molar-refractivity contribution in [1.82, 2.24) is 5.32 Å². The quantitative estimate of drug-likeness (QED) is 0.841. The number of fused-ring (bicyclic) bond motifs is 1. The van der Waals surface area contributed by atoms with Gasteiger partial charge in [0.2, 0.25) is 5.91 Å². The van der Waals surface area contributed by atoms with Crippen LogP contribution < -0.4 is 20.7 Å². The lowest BCUT2D eigenvalue weighted by Crippen LogP contribution is -2.44. The molecule has 0 radical (unpaired) electrons. The molecule has 1 aliphatic heterocycles. The van der Waals surface area contributed by atoms with E-state index in [4.69, 9.17) is 14.9 Å². The number of carbonyl (C=O) groups excluding carboxylic acids is 1. The number of benzene rings is 1. The largest absolute Gasteiger partial charge is 0.487 e. The zero-order chi connectivity index (χ0) is 15.5. The summed E-state index contributed by atoms with van der Waals surface area (Å²) in [5.41, 5.74) is 7.44. The van der Waals surface area contributed by atoms with Gasteiger partial charge in [0.15, 0.2) is 0 Å². The van der Waals surface area contributed by atoms with Crippen LogP contribution in [0.5, 0.6) is 5.75 Å². The van der Waals surface area contributed by atoms with Gasteiger partial charge in [-0.2, -0.15) is 0 Å². The van der Waals surface area contributed by atoms with Crippen LogP contribution in [0, 0.1) is 0 Å². The van der Waals surface area contributed by atoms with Crippen molar-refractivity contribution in [1.29, 1.82) is 0 Å². The van der Waals surface area contributed by atoms with E-state index in [9.17, 15) is 4.79 Å². The number of nitrogens with one attached hydrogen (secondary N) is 1. The van der Waals surface area contributed by atoms with Gasteiger partial charge < -0.3 is 25.1 Å². The molecule has 3 N–H and O–H groups in total. The van der Waals surface area contributed by atoms with Crippen LogP contribution in [0.4, 0.5) is 11.4 Å². The average Bonchev–Trinajstić information content (AvgIpc) is 2.98. The minimum absolute atomic E-state index is 0.00664. The molecule has 1 aromatic heterocycles. The van der Waals surface area contributed by atoms with E-state index in [1.54, 1.807) is 12.3 Å². The van der Waals surface area contributed by atoms with E-state index >= 15 is 0 Å². The molecule has 116 valence electrons. The number of carbonyl (C=O) groups is 1. The van der Waals surface area contributed by atoms with Crippen molar-refractivity contribution in [2.24, 2.45) is 0 Å². The molecule has 1 unspecified atom stereocenters. The van der Waals surface area contributed by atoms with Crippen molar-refractivity contribution < 1.29 is 13.9 Å². The molecular weight excluding hydrogens is 282 g/mol. The average molecular weight is 301 g/mol. The molecule has 0 fully saturated rings. The summed E-state index contributed by atoms with van der Waals surface area (Å²) in [4.78, 5) is 14.1. The molecule has 6 nitrogen and oxygen atoms in total. The third kappa shape index (κ3) is 3.00. The number of hydrogen-bond acceptors (Lipinski definition) is 5. The summed E-state index contributed by atoms with van der Waals surface area (Å²) in [6.45, 7) is 3.20. The van der Waals surface area contributed by atoms with Crippen molar-refractivity contribution in [3.05, 3.63) is 42.4 Å². The highest BCUT2D eigenvalue weighted by atomic mass is 16.5. The van der Waals surface area contributed by atoms with Crippen LogP contribution in [0.3, 0.4) is 0 Å². The smallest absolute Gasteiger partial charge is 0.239 e. The number of nitrogens with two attached hydrogens (primary N) is 1. The van der Waals surface area contributed by atoms with Gasteiger partial charge >= 0.3 is 0 Å². The van der Waals surface area contributed by atoms with Crippen LogP contribution in [-0.4, -0.2) is 25.1 Å². The molecular formula is C16H19N3O3. The van der Waals surface area contributed by atoms with Crippen molar-refractivity contribution in [3.63, 3.8) is 0 Å². The summed E-state index contributed by atoms with van der Waals surface area (Å²) < 4.78 is 11.0. The Morgan fingerprint density at radius 2 is 2.27 bits per heavy atom. The predicted octanol–water partition coefficient (Wildman–Crippen LogP) is 1.77. The Labute approximate surface area is 128 Å². The molecule has 0 aliphatic carbocycles.